The van der Waals surface area contributed by atoms with Crippen LogP contribution in [0.25, 0.3) is 0 Å². The Labute approximate surface area is 72.9 Å². The highest BCUT2D eigenvalue weighted by atomic mass is 16.4. The summed E-state index contributed by atoms with van der Waals surface area (Å²) in [5, 5.41) is 8.73. The van der Waals surface area contributed by atoms with E-state index in [2.05, 4.69) is 13.8 Å². The van der Waals surface area contributed by atoms with Gasteiger partial charge in [0.2, 0.25) is 0 Å². The number of carboxylic acids is 1. The Morgan fingerprint density at radius 1 is 1.58 bits per heavy atom. The summed E-state index contributed by atoms with van der Waals surface area (Å²) in [4.78, 5) is 10.6. The van der Waals surface area contributed by atoms with Crippen molar-refractivity contribution < 1.29 is 9.90 Å². The van der Waals surface area contributed by atoms with Crippen LogP contribution in [0.2, 0.25) is 0 Å². The Bertz CT molecular complexity index is 183. The second kappa shape index (κ2) is 3.05. The van der Waals surface area contributed by atoms with Crippen molar-refractivity contribution in [2.45, 2.75) is 26.7 Å². The molecule has 0 aliphatic heterocycles. The quantitative estimate of drug-likeness (QED) is 0.668. The lowest BCUT2D eigenvalue weighted by atomic mass is 9.52. The van der Waals surface area contributed by atoms with E-state index in [1.807, 2.05) is 0 Å². The highest BCUT2D eigenvalue weighted by molar-refractivity contribution is 5.68. The van der Waals surface area contributed by atoms with Crippen LogP contribution in [0, 0.1) is 17.3 Å². The summed E-state index contributed by atoms with van der Waals surface area (Å²) in [5.41, 5.74) is 5.52. The molecule has 1 rings (SSSR count). The average Bonchev–Trinajstić information content (AvgIpc) is 2.00. The van der Waals surface area contributed by atoms with Gasteiger partial charge in [0, 0.05) is 0 Å². The zero-order chi connectivity index (χ0) is 9.35. The van der Waals surface area contributed by atoms with Gasteiger partial charge >= 0.3 is 5.97 Å². The Kier molecular flexibility index (Phi) is 2.42. The number of rotatable bonds is 3. The molecule has 0 aromatic heterocycles. The zero-order valence-electron chi connectivity index (χ0n) is 7.71. The molecule has 0 spiro atoms. The molecule has 0 amide bonds. The third-order valence-electron chi connectivity index (χ3n) is 3.53. The first-order chi connectivity index (χ1) is 5.53. The maximum atomic E-state index is 10.6. The molecule has 0 unspecified atom stereocenters. The highest BCUT2D eigenvalue weighted by Crippen LogP contribution is 2.52. The van der Waals surface area contributed by atoms with Crippen molar-refractivity contribution in [1.29, 1.82) is 0 Å². The van der Waals surface area contributed by atoms with E-state index in [1.54, 1.807) is 0 Å². The fraction of sp³-hybridized carbons (Fsp3) is 0.889. The van der Waals surface area contributed by atoms with Crippen molar-refractivity contribution in [1.82, 2.24) is 0 Å². The Hall–Kier alpha value is -0.570. The van der Waals surface area contributed by atoms with Crippen molar-refractivity contribution in [2.75, 3.05) is 6.54 Å². The largest absolute Gasteiger partial charge is 0.481 e. The molecule has 0 aromatic carbocycles. The van der Waals surface area contributed by atoms with Crippen molar-refractivity contribution in [3.05, 3.63) is 0 Å². The molecule has 1 fully saturated rings. The van der Waals surface area contributed by atoms with Crippen LogP contribution in [0.5, 0.6) is 0 Å². The summed E-state index contributed by atoms with van der Waals surface area (Å²) in [6.07, 6.45) is 1.34. The maximum absolute atomic E-state index is 10.6. The Morgan fingerprint density at radius 2 is 2.08 bits per heavy atom. The first-order valence-corrected chi connectivity index (χ1v) is 4.45. The predicted molar refractivity (Wildman–Crippen MR) is 46.7 cm³/mol. The van der Waals surface area contributed by atoms with Gasteiger partial charge in [-0.3, -0.25) is 4.79 Å². The van der Waals surface area contributed by atoms with Gasteiger partial charge in [-0.05, 0) is 30.2 Å². The second-order valence-corrected chi connectivity index (χ2v) is 4.05. The van der Waals surface area contributed by atoms with Crippen LogP contribution in [-0.2, 0) is 4.79 Å². The molecule has 3 heteroatoms. The van der Waals surface area contributed by atoms with Gasteiger partial charge in [-0.15, -0.1) is 0 Å². The van der Waals surface area contributed by atoms with E-state index in [9.17, 15) is 4.79 Å². The summed E-state index contributed by atoms with van der Waals surface area (Å²) in [6.45, 7) is 4.69. The molecule has 1 aliphatic rings. The van der Waals surface area contributed by atoms with E-state index in [0.717, 1.165) is 6.42 Å². The van der Waals surface area contributed by atoms with Crippen LogP contribution in [0.15, 0.2) is 0 Å². The molecule has 70 valence electrons. The number of hydrogen-bond donors (Lipinski definition) is 2. The van der Waals surface area contributed by atoms with Crippen LogP contribution in [0.3, 0.4) is 0 Å². The summed E-state index contributed by atoms with van der Waals surface area (Å²) in [7, 11) is 0. The monoisotopic (exact) mass is 171 g/mol. The molecular formula is C9H17NO2. The molecule has 0 bridgehead atoms. The lowest BCUT2D eigenvalue weighted by molar-refractivity contribution is -0.146. The van der Waals surface area contributed by atoms with Gasteiger partial charge in [-0.2, -0.15) is 0 Å². The van der Waals surface area contributed by atoms with Gasteiger partial charge in [-0.1, -0.05) is 13.8 Å². The molecule has 1 saturated carbocycles. The SMILES string of the molecule is C[C@@H]1C[C@@H](C)C1(CN)CC(=O)O. The number of carboxylic acid groups (broad SMARTS) is 1. The Morgan fingerprint density at radius 3 is 2.25 bits per heavy atom. The standard InChI is InChI=1S/C9H17NO2/c1-6-3-7(2)9(6,5-10)4-8(11)12/h6-7H,3-5,10H2,1-2H3,(H,11,12)/t6-,7-/m1/s1. The fourth-order valence-corrected chi connectivity index (χ4v) is 2.43. The van der Waals surface area contributed by atoms with E-state index < -0.39 is 5.97 Å². The number of carbonyl (C=O) groups is 1. The van der Waals surface area contributed by atoms with Gasteiger partial charge in [0.05, 0.1) is 6.42 Å². The van der Waals surface area contributed by atoms with Crippen LogP contribution >= 0.6 is 0 Å². The van der Waals surface area contributed by atoms with Crippen LogP contribution < -0.4 is 5.73 Å². The molecule has 3 N–H and O–H groups in total. The van der Waals surface area contributed by atoms with Gasteiger partial charge in [0.1, 0.15) is 0 Å². The molecule has 0 heterocycles. The second-order valence-electron chi connectivity index (χ2n) is 4.05. The van der Waals surface area contributed by atoms with Crippen LogP contribution in [-0.4, -0.2) is 17.6 Å². The van der Waals surface area contributed by atoms with Gasteiger partial charge in [0.25, 0.3) is 0 Å². The molecule has 3 nitrogen and oxygen atoms in total. The lowest BCUT2D eigenvalue weighted by Crippen LogP contribution is -2.52. The smallest absolute Gasteiger partial charge is 0.303 e. The van der Waals surface area contributed by atoms with Crippen molar-refractivity contribution in [2.24, 2.45) is 23.0 Å². The molecule has 2 atom stereocenters. The van der Waals surface area contributed by atoms with Crippen molar-refractivity contribution >= 4 is 5.97 Å². The summed E-state index contributed by atoms with van der Waals surface area (Å²) in [5.74, 6) is 0.209. The lowest BCUT2D eigenvalue weighted by Gasteiger charge is -2.52. The topological polar surface area (TPSA) is 63.3 Å². The first kappa shape index (κ1) is 9.52. The van der Waals surface area contributed by atoms with E-state index in [-0.39, 0.29) is 11.8 Å². The van der Waals surface area contributed by atoms with Crippen molar-refractivity contribution in [3.63, 3.8) is 0 Å². The minimum absolute atomic E-state index is 0.119. The van der Waals surface area contributed by atoms with Crippen LogP contribution in [0.1, 0.15) is 26.7 Å². The fourth-order valence-electron chi connectivity index (χ4n) is 2.43. The highest BCUT2D eigenvalue weighted by Gasteiger charge is 2.50. The summed E-state index contributed by atoms with van der Waals surface area (Å²) >= 11 is 0. The number of hydrogen-bond acceptors (Lipinski definition) is 2. The first-order valence-electron chi connectivity index (χ1n) is 4.45. The minimum atomic E-state index is -0.723. The third kappa shape index (κ3) is 1.22. The summed E-state index contributed by atoms with van der Waals surface area (Å²) in [6, 6.07) is 0. The summed E-state index contributed by atoms with van der Waals surface area (Å²) < 4.78 is 0. The molecule has 1 aliphatic carbocycles. The normalized spacial score (nSPS) is 32.6. The van der Waals surface area contributed by atoms with Gasteiger partial charge < -0.3 is 10.8 Å². The van der Waals surface area contributed by atoms with Gasteiger partial charge in [-0.25, -0.2) is 0 Å². The van der Waals surface area contributed by atoms with Gasteiger partial charge in [0.15, 0.2) is 0 Å². The molecule has 0 saturated heterocycles. The van der Waals surface area contributed by atoms with E-state index in [1.165, 1.54) is 0 Å². The van der Waals surface area contributed by atoms with E-state index in [4.69, 9.17) is 10.8 Å². The number of aliphatic carboxylic acids is 1. The maximum Gasteiger partial charge on any atom is 0.303 e. The molecular weight excluding hydrogens is 154 g/mol. The molecule has 0 radical (unpaired) electrons. The van der Waals surface area contributed by atoms with Crippen molar-refractivity contribution in [3.8, 4) is 0 Å². The van der Waals surface area contributed by atoms with E-state index >= 15 is 0 Å². The zero-order valence-corrected chi connectivity index (χ0v) is 7.71. The minimum Gasteiger partial charge on any atom is -0.481 e. The predicted octanol–water partition coefficient (Wildman–Crippen LogP) is 1.08. The third-order valence-corrected chi connectivity index (χ3v) is 3.53. The van der Waals surface area contributed by atoms with Crippen LogP contribution in [0.4, 0.5) is 0 Å². The molecule has 12 heavy (non-hydrogen) atoms. The Balaban J connectivity index is 2.68. The number of nitrogens with two attached hydrogens (primary N) is 1. The van der Waals surface area contributed by atoms with E-state index in [0.29, 0.717) is 18.4 Å². The average molecular weight is 171 g/mol. The molecule has 0 aromatic rings.